The number of hydrogen-bond acceptors (Lipinski definition) is 10. The predicted molar refractivity (Wildman–Crippen MR) is 163 cm³/mol. The molecule has 0 heterocycles. The molecule has 2 N–H and O–H groups in total. The van der Waals surface area contributed by atoms with E-state index in [1.807, 2.05) is 21.9 Å². The van der Waals surface area contributed by atoms with E-state index in [0.717, 1.165) is 11.1 Å². The Morgan fingerprint density at radius 2 is 1.21 bits per heavy atom. The lowest BCUT2D eigenvalue weighted by atomic mass is 10.0. The zero-order chi connectivity index (χ0) is 32.2. The van der Waals surface area contributed by atoms with Crippen molar-refractivity contribution in [2.45, 2.75) is 79.0 Å². The first-order valence-electron chi connectivity index (χ1n) is 14.5. The molecule has 2 rings (SSSR count). The zero-order valence-electron chi connectivity index (χ0n) is 26.3. The minimum atomic E-state index is -0.672. The number of benzene rings is 2. The summed E-state index contributed by atoms with van der Waals surface area (Å²) in [6, 6.07) is 10.3. The molecule has 0 spiro atoms. The Bertz CT molecular complexity index is 1270. The van der Waals surface area contributed by atoms with Crippen LogP contribution in [-0.2, 0) is 54.6 Å². The largest absolute Gasteiger partial charge is 0.508 e. The Kier molecular flexibility index (Phi) is 13.8. The quantitative estimate of drug-likeness (QED) is 0.258. The van der Waals surface area contributed by atoms with E-state index in [2.05, 4.69) is 0 Å². The maximum atomic E-state index is 12.8. The summed E-state index contributed by atoms with van der Waals surface area (Å²) >= 11 is 0. The van der Waals surface area contributed by atoms with Gasteiger partial charge in [0.25, 0.3) is 0 Å². The van der Waals surface area contributed by atoms with Crippen molar-refractivity contribution in [3.05, 3.63) is 58.7 Å². The lowest BCUT2D eigenvalue weighted by Crippen LogP contribution is -2.40. The molecule has 0 unspecified atom stereocenters. The zero-order valence-corrected chi connectivity index (χ0v) is 26.3. The third-order valence-electron chi connectivity index (χ3n) is 6.64. The first-order valence-corrected chi connectivity index (χ1v) is 14.5. The van der Waals surface area contributed by atoms with E-state index in [-0.39, 0.29) is 61.6 Å². The molecule has 10 heteroatoms. The van der Waals surface area contributed by atoms with Crippen LogP contribution < -0.4 is 0 Å². The van der Waals surface area contributed by atoms with Gasteiger partial charge >= 0.3 is 11.9 Å². The highest BCUT2D eigenvalue weighted by molar-refractivity contribution is 5.77. The molecule has 0 bridgehead atoms. The van der Waals surface area contributed by atoms with E-state index in [0.29, 0.717) is 43.5 Å². The van der Waals surface area contributed by atoms with Crippen LogP contribution in [0, 0.1) is 0 Å². The third kappa shape index (κ3) is 13.8. The number of hydrogen-bond donors (Lipinski definition) is 2. The number of phenols is 2. The Hall–Kier alpha value is -3.76. The summed E-state index contributed by atoms with van der Waals surface area (Å²) in [5.41, 5.74) is 2.31. The van der Waals surface area contributed by atoms with Crippen molar-refractivity contribution in [2.75, 3.05) is 33.3 Å². The van der Waals surface area contributed by atoms with Crippen molar-refractivity contribution in [3.8, 4) is 11.5 Å². The number of nitrogens with zero attached hydrogens (tertiary/aromatic N) is 2. The van der Waals surface area contributed by atoms with Crippen molar-refractivity contribution in [1.82, 2.24) is 9.80 Å². The van der Waals surface area contributed by atoms with E-state index in [4.69, 9.17) is 9.47 Å². The lowest BCUT2D eigenvalue weighted by Gasteiger charge is -2.28. The molecule has 236 valence electrons. The fourth-order valence-corrected chi connectivity index (χ4v) is 4.57. The molecule has 0 aromatic heterocycles. The molecule has 0 aliphatic heterocycles. The minimum Gasteiger partial charge on any atom is -0.508 e. The second-order valence-corrected chi connectivity index (χ2v) is 11.9. The molecule has 0 saturated carbocycles. The summed E-state index contributed by atoms with van der Waals surface area (Å²) in [5, 5.41) is 21.2. The highest BCUT2D eigenvalue weighted by Crippen LogP contribution is 2.23. The van der Waals surface area contributed by atoms with Gasteiger partial charge in [-0.05, 0) is 70.7 Å². The Morgan fingerprint density at radius 1 is 0.721 bits per heavy atom. The number of phenolic OH excluding ortho intramolecular Hbond substituents is 2. The number of aromatic hydroxyl groups is 2. The molecule has 0 aliphatic carbocycles. The van der Waals surface area contributed by atoms with Crippen LogP contribution >= 0.6 is 0 Å². The van der Waals surface area contributed by atoms with Crippen molar-refractivity contribution in [2.24, 2.45) is 0 Å². The molecule has 0 atom stereocenters. The van der Waals surface area contributed by atoms with Gasteiger partial charge in [-0.25, -0.2) is 0 Å². The van der Waals surface area contributed by atoms with E-state index >= 15 is 0 Å². The van der Waals surface area contributed by atoms with Crippen molar-refractivity contribution < 1.29 is 38.9 Å². The van der Waals surface area contributed by atoms with Crippen LogP contribution in [0.25, 0.3) is 0 Å². The molecular formula is C33H46N2O8. The van der Waals surface area contributed by atoms with Crippen LogP contribution in [0.1, 0.15) is 69.7 Å². The lowest BCUT2D eigenvalue weighted by molar-refractivity contribution is -0.156. The maximum absolute atomic E-state index is 12.8. The number of esters is 2. The summed E-state index contributed by atoms with van der Waals surface area (Å²) in [6.45, 7) is 9.71. The van der Waals surface area contributed by atoms with Crippen LogP contribution in [0.15, 0.2) is 36.4 Å². The van der Waals surface area contributed by atoms with E-state index in [1.54, 1.807) is 45.0 Å². The molecule has 0 saturated heterocycles. The van der Waals surface area contributed by atoms with Crippen LogP contribution in [0.2, 0.25) is 0 Å². The van der Waals surface area contributed by atoms with Crippen molar-refractivity contribution >= 4 is 23.5 Å². The number of carbonyl (C=O) groups is 4. The second kappa shape index (κ2) is 16.8. The number of ether oxygens (including phenoxy) is 2. The Morgan fingerprint density at radius 3 is 1.65 bits per heavy atom. The van der Waals surface area contributed by atoms with Crippen molar-refractivity contribution in [1.29, 1.82) is 0 Å². The number of methoxy groups -OCH3 is 1. The molecule has 2 aromatic rings. The second-order valence-electron chi connectivity index (χ2n) is 11.9. The first kappa shape index (κ1) is 35.4. The number of Topliss-reactive ketones (excluding diaryl/α,β-unsaturated/α-hetero) is 2. The van der Waals surface area contributed by atoms with Gasteiger partial charge in [0.1, 0.15) is 28.7 Å². The predicted octanol–water partition coefficient (Wildman–Crippen LogP) is 3.96. The average Bonchev–Trinajstić information content (AvgIpc) is 2.90. The van der Waals surface area contributed by atoms with Gasteiger partial charge in [-0.1, -0.05) is 24.3 Å². The maximum Gasteiger partial charge on any atom is 0.320 e. The number of ketones is 2. The topological polar surface area (TPSA) is 134 Å². The fourth-order valence-electron chi connectivity index (χ4n) is 4.57. The molecule has 0 aliphatic rings. The van der Waals surface area contributed by atoms with Crippen LogP contribution in [0.3, 0.4) is 0 Å². The van der Waals surface area contributed by atoms with Crippen molar-refractivity contribution in [3.63, 3.8) is 0 Å². The van der Waals surface area contributed by atoms with Gasteiger partial charge in [0.15, 0.2) is 0 Å². The highest BCUT2D eigenvalue weighted by atomic mass is 16.6. The molecule has 2 aromatic carbocycles. The van der Waals surface area contributed by atoms with Gasteiger partial charge in [0, 0.05) is 50.1 Å². The number of aryl methyl sites for hydroxylation is 2. The number of carbonyl (C=O) groups excluding carboxylic acids is 4. The van der Waals surface area contributed by atoms with Gasteiger partial charge < -0.3 is 24.5 Å². The minimum absolute atomic E-state index is 0.0451. The molecule has 10 nitrogen and oxygen atoms in total. The normalized spacial score (nSPS) is 11.5. The smallest absolute Gasteiger partial charge is 0.320 e. The Balaban J connectivity index is 2.26. The summed E-state index contributed by atoms with van der Waals surface area (Å²) in [4.78, 5) is 51.8. The van der Waals surface area contributed by atoms with Gasteiger partial charge in [-0.15, -0.1) is 0 Å². The standard InChI is InChI=1S/C33H46N2O8/c1-23(36)7-8-25-9-12-30(39)28(17-25)21-35(22-32(41)43-33(3,4)5)16-15-34(19-24(2)37)20-27-18-26(10-13-29(27)38)11-14-31(40)42-6/h9-10,12-13,17-18,38-39H,7-8,11,14-16,19-22H2,1-6H3. The van der Waals surface area contributed by atoms with E-state index < -0.39 is 11.6 Å². The van der Waals surface area contributed by atoms with Gasteiger partial charge in [-0.3, -0.25) is 24.2 Å². The van der Waals surface area contributed by atoms with Gasteiger partial charge in [0.05, 0.1) is 20.2 Å². The van der Waals surface area contributed by atoms with Gasteiger partial charge in [-0.2, -0.15) is 0 Å². The summed E-state index contributed by atoms with van der Waals surface area (Å²) < 4.78 is 10.3. The monoisotopic (exact) mass is 598 g/mol. The van der Waals surface area contributed by atoms with E-state index in [9.17, 15) is 29.4 Å². The summed E-state index contributed by atoms with van der Waals surface area (Å²) in [7, 11) is 1.34. The SMILES string of the molecule is COC(=O)CCc1ccc(O)c(CN(CCN(CC(=O)OC(C)(C)C)Cc2cc(CCC(C)=O)ccc2O)CC(C)=O)c1. The first-order chi connectivity index (χ1) is 20.1. The summed E-state index contributed by atoms with van der Waals surface area (Å²) in [5.74, 6) is -0.576. The molecule has 0 fully saturated rings. The molecular weight excluding hydrogens is 552 g/mol. The van der Waals surface area contributed by atoms with Gasteiger partial charge in [0.2, 0.25) is 0 Å². The number of rotatable bonds is 17. The molecule has 43 heavy (non-hydrogen) atoms. The molecule has 0 amide bonds. The molecule has 0 radical (unpaired) electrons. The van der Waals surface area contributed by atoms with E-state index in [1.165, 1.54) is 21.0 Å². The van der Waals surface area contributed by atoms with Crippen LogP contribution in [0.4, 0.5) is 0 Å². The highest BCUT2D eigenvalue weighted by Gasteiger charge is 2.22. The van der Waals surface area contributed by atoms with Crippen LogP contribution in [-0.4, -0.2) is 82.4 Å². The summed E-state index contributed by atoms with van der Waals surface area (Å²) in [6.07, 6.45) is 1.59. The average molecular weight is 599 g/mol. The fraction of sp³-hybridized carbons (Fsp3) is 0.515. The van der Waals surface area contributed by atoms with Crippen LogP contribution in [0.5, 0.6) is 11.5 Å². The third-order valence-corrected chi connectivity index (χ3v) is 6.64. The Labute approximate surface area is 254 Å².